The lowest BCUT2D eigenvalue weighted by Gasteiger charge is -2.25. The van der Waals surface area contributed by atoms with Crippen LogP contribution >= 0.6 is 0 Å². The van der Waals surface area contributed by atoms with Crippen LogP contribution < -0.4 is 5.32 Å². The number of nitrogens with zero attached hydrogens (tertiary/aromatic N) is 2. The number of carbonyl (C=O) groups is 2. The van der Waals surface area contributed by atoms with Crippen molar-refractivity contribution >= 4 is 18.9 Å². The molecule has 1 aliphatic rings. The highest BCUT2D eigenvalue weighted by atomic mass is 16.4. The van der Waals surface area contributed by atoms with Crippen molar-refractivity contribution in [2.24, 2.45) is 5.92 Å². The van der Waals surface area contributed by atoms with Crippen LogP contribution in [0.4, 0.5) is 0 Å². The third kappa shape index (κ3) is 7.01. The van der Waals surface area contributed by atoms with Crippen molar-refractivity contribution < 1.29 is 19.6 Å². The minimum Gasteiger partial charge on any atom is -0.426 e. The molecular formula is C22H30BN3O4. The Hall–Kier alpha value is -2.63. The van der Waals surface area contributed by atoms with Gasteiger partial charge >= 0.3 is 7.12 Å². The fraction of sp³-hybridized carbons (Fsp3) is 0.500. The number of likely N-dealkylation sites (tertiary alicyclic amines) is 1. The molecule has 1 heterocycles. The van der Waals surface area contributed by atoms with Gasteiger partial charge in [-0.2, -0.15) is 5.26 Å². The molecule has 2 rings (SSSR count). The molecule has 7 nitrogen and oxygen atoms in total. The van der Waals surface area contributed by atoms with Gasteiger partial charge in [0, 0.05) is 19.0 Å². The minimum absolute atomic E-state index is 0.0983. The van der Waals surface area contributed by atoms with Crippen molar-refractivity contribution in [3.8, 4) is 6.07 Å². The zero-order chi connectivity index (χ0) is 22.1. The first-order valence-corrected chi connectivity index (χ1v) is 10.4. The van der Waals surface area contributed by atoms with Crippen LogP contribution in [0.15, 0.2) is 42.0 Å². The topological polar surface area (TPSA) is 114 Å². The molecule has 160 valence electrons. The fourth-order valence-electron chi connectivity index (χ4n) is 3.72. The summed E-state index contributed by atoms with van der Waals surface area (Å²) < 4.78 is 0. The van der Waals surface area contributed by atoms with E-state index in [1.165, 1.54) is 0 Å². The van der Waals surface area contributed by atoms with Crippen molar-refractivity contribution in [1.82, 2.24) is 10.2 Å². The largest absolute Gasteiger partial charge is 0.475 e. The van der Waals surface area contributed by atoms with Crippen LogP contribution in [0.5, 0.6) is 0 Å². The van der Waals surface area contributed by atoms with Crippen LogP contribution in [0.1, 0.15) is 45.1 Å². The smallest absolute Gasteiger partial charge is 0.426 e. The summed E-state index contributed by atoms with van der Waals surface area (Å²) in [6.07, 6.45) is 4.24. The van der Waals surface area contributed by atoms with Crippen LogP contribution in [0, 0.1) is 17.2 Å². The van der Waals surface area contributed by atoms with Crippen LogP contribution in [-0.4, -0.2) is 52.4 Å². The van der Waals surface area contributed by atoms with Gasteiger partial charge in [-0.3, -0.25) is 9.59 Å². The number of amides is 2. The molecule has 1 aromatic carbocycles. The van der Waals surface area contributed by atoms with E-state index in [9.17, 15) is 24.9 Å². The van der Waals surface area contributed by atoms with Crippen LogP contribution in [-0.2, 0) is 16.0 Å². The molecule has 2 amide bonds. The summed E-state index contributed by atoms with van der Waals surface area (Å²) in [7, 11) is -1.67. The predicted molar refractivity (Wildman–Crippen MR) is 115 cm³/mol. The Morgan fingerprint density at radius 2 is 2.03 bits per heavy atom. The molecule has 0 saturated carbocycles. The van der Waals surface area contributed by atoms with Gasteiger partial charge < -0.3 is 20.3 Å². The average molecular weight is 411 g/mol. The van der Waals surface area contributed by atoms with Gasteiger partial charge in [0.25, 0.3) is 5.91 Å². The van der Waals surface area contributed by atoms with Gasteiger partial charge in [0.2, 0.25) is 5.91 Å². The molecule has 0 bridgehead atoms. The van der Waals surface area contributed by atoms with Crippen LogP contribution in [0.3, 0.4) is 0 Å². The molecule has 1 aromatic rings. The Balaban J connectivity index is 1.92. The fourth-order valence-corrected chi connectivity index (χ4v) is 3.72. The molecule has 0 aliphatic carbocycles. The minimum atomic E-state index is -1.67. The van der Waals surface area contributed by atoms with E-state index in [1.807, 2.05) is 50.2 Å². The van der Waals surface area contributed by atoms with Gasteiger partial charge in [0.1, 0.15) is 11.6 Å². The van der Waals surface area contributed by atoms with E-state index in [1.54, 1.807) is 11.0 Å². The summed E-state index contributed by atoms with van der Waals surface area (Å²) in [5.74, 6) is -1.27. The molecule has 1 saturated heterocycles. The number of allylic oxidation sites excluding steroid dienone is 1. The highest BCUT2D eigenvalue weighted by molar-refractivity contribution is 6.43. The Kier molecular flexibility index (Phi) is 9.09. The Morgan fingerprint density at radius 1 is 1.33 bits per heavy atom. The van der Waals surface area contributed by atoms with E-state index < -0.39 is 13.1 Å². The lowest BCUT2D eigenvalue weighted by atomic mass is 9.76. The zero-order valence-corrected chi connectivity index (χ0v) is 17.6. The number of benzene rings is 1. The molecule has 3 N–H and O–H groups in total. The zero-order valence-electron chi connectivity index (χ0n) is 17.6. The summed E-state index contributed by atoms with van der Waals surface area (Å²) in [5.41, 5.74) is 1.04. The van der Waals surface area contributed by atoms with Crippen molar-refractivity contribution in [3.05, 3.63) is 47.5 Å². The maximum absolute atomic E-state index is 12.7. The first-order valence-electron chi connectivity index (χ1n) is 10.4. The van der Waals surface area contributed by atoms with E-state index in [2.05, 4.69) is 5.32 Å². The van der Waals surface area contributed by atoms with E-state index in [-0.39, 0.29) is 35.8 Å². The summed E-state index contributed by atoms with van der Waals surface area (Å²) in [6.45, 7) is 4.41. The van der Waals surface area contributed by atoms with Crippen LogP contribution in [0.2, 0.25) is 0 Å². The van der Waals surface area contributed by atoms with E-state index >= 15 is 0 Å². The number of carbonyl (C=O) groups excluding carboxylic acids is 2. The molecule has 0 radical (unpaired) electrons. The third-order valence-electron chi connectivity index (χ3n) is 5.20. The number of hydrogen-bond acceptors (Lipinski definition) is 5. The molecular weight excluding hydrogens is 381 g/mol. The van der Waals surface area contributed by atoms with Crippen molar-refractivity contribution in [1.29, 1.82) is 5.26 Å². The average Bonchev–Trinajstić information content (AvgIpc) is 3.18. The van der Waals surface area contributed by atoms with Crippen molar-refractivity contribution in [3.63, 3.8) is 0 Å². The summed E-state index contributed by atoms with van der Waals surface area (Å²) in [4.78, 5) is 26.8. The molecule has 1 fully saturated rings. The quantitative estimate of drug-likeness (QED) is 0.325. The van der Waals surface area contributed by atoms with Gasteiger partial charge in [-0.1, -0.05) is 50.3 Å². The number of hydrogen-bond donors (Lipinski definition) is 3. The molecule has 2 atom stereocenters. The molecule has 8 heteroatoms. The van der Waals surface area contributed by atoms with Gasteiger partial charge in [0.05, 0.1) is 5.94 Å². The monoisotopic (exact) mass is 411 g/mol. The molecule has 1 unspecified atom stereocenters. The SMILES string of the molecule is CC(C)C=C(C#N)C(=O)N1CCCC1CCC(=O)N[C@@H](Cc1ccccc1)B(O)O. The highest BCUT2D eigenvalue weighted by Gasteiger charge is 2.31. The first kappa shape index (κ1) is 23.7. The van der Waals surface area contributed by atoms with Gasteiger partial charge in [0.15, 0.2) is 0 Å². The number of nitrogens with one attached hydrogen (secondary N) is 1. The second kappa shape index (κ2) is 11.5. The van der Waals surface area contributed by atoms with E-state index in [0.717, 1.165) is 18.4 Å². The molecule has 0 spiro atoms. The Morgan fingerprint density at radius 3 is 2.63 bits per heavy atom. The third-order valence-corrected chi connectivity index (χ3v) is 5.20. The van der Waals surface area contributed by atoms with Crippen molar-refractivity contribution in [2.45, 2.75) is 57.9 Å². The van der Waals surface area contributed by atoms with Gasteiger partial charge in [-0.05, 0) is 37.2 Å². The van der Waals surface area contributed by atoms with E-state index in [0.29, 0.717) is 19.4 Å². The first-order chi connectivity index (χ1) is 14.3. The summed E-state index contributed by atoms with van der Waals surface area (Å²) in [5, 5.41) is 31.2. The van der Waals surface area contributed by atoms with Crippen LogP contribution in [0.25, 0.3) is 0 Å². The van der Waals surface area contributed by atoms with Crippen molar-refractivity contribution in [2.75, 3.05) is 6.54 Å². The maximum Gasteiger partial charge on any atom is 0.475 e. The van der Waals surface area contributed by atoms with Gasteiger partial charge in [-0.25, -0.2) is 0 Å². The maximum atomic E-state index is 12.7. The highest BCUT2D eigenvalue weighted by Crippen LogP contribution is 2.23. The Bertz CT molecular complexity index is 789. The second-order valence-electron chi connectivity index (χ2n) is 8.05. The predicted octanol–water partition coefficient (Wildman–Crippen LogP) is 1.60. The standard InChI is InChI=1S/C22H30BN3O4/c1-16(2)13-18(15-24)22(28)26-12-6-9-19(26)10-11-21(27)25-20(23(29)30)14-17-7-4-3-5-8-17/h3-5,7-8,13,16,19-20,29-30H,6,9-12,14H2,1-2H3,(H,25,27)/t19?,20-/m0/s1. The van der Waals surface area contributed by atoms with E-state index in [4.69, 9.17) is 0 Å². The summed E-state index contributed by atoms with van der Waals surface area (Å²) in [6, 6.07) is 11.2. The number of nitriles is 1. The molecule has 1 aliphatic heterocycles. The second-order valence-corrected chi connectivity index (χ2v) is 8.05. The lowest BCUT2D eigenvalue weighted by Crippen LogP contribution is -2.48. The number of rotatable bonds is 9. The lowest BCUT2D eigenvalue weighted by molar-refractivity contribution is -0.128. The Labute approximate surface area is 178 Å². The van der Waals surface area contributed by atoms with Gasteiger partial charge in [-0.15, -0.1) is 0 Å². The molecule has 30 heavy (non-hydrogen) atoms. The summed E-state index contributed by atoms with van der Waals surface area (Å²) >= 11 is 0. The normalized spacial score (nSPS) is 17.5. The molecule has 0 aromatic heterocycles.